The van der Waals surface area contributed by atoms with E-state index in [4.69, 9.17) is 11.6 Å². The van der Waals surface area contributed by atoms with Crippen LogP contribution in [0.25, 0.3) is 0 Å². The number of amides is 1. The Bertz CT molecular complexity index is 1120. The van der Waals surface area contributed by atoms with Gasteiger partial charge in [0, 0.05) is 19.2 Å². The van der Waals surface area contributed by atoms with Crippen molar-refractivity contribution in [1.29, 1.82) is 0 Å². The third-order valence-corrected chi connectivity index (χ3v) is 5.52. The van der Waals surface area contributed by atoms with E-state index in [0.29, 0.717) is 0 Å². The predicted molar refractivity (Wildman–Crippen MR) is 126 cm³/mol. The van der Waals surface area contributed by atoms with E-state index >= 15 is 0 Å². The number of carbonyl (C=O) groups excluding carboxylic acids is 1. The number of aliphatic carboxylic acids is 1. The van der Waals surface area contributed by atoms with Gasteiger partial charge in [-0.1, -0.05) is 41.9 Å². The molecule has 0 spiro atoms. The van der Waals surface area contributed by atoms with E-state index in [1.807, 2.05) is 49.5 Å². The highest BCUT2D eigenvalue weighted by atomic mass is 35.5. The summed E-state index contributed by atoms with van der Waals surface area (Å²) in [4.78, 5) is 28.6. The van der Waals surface area contributed by atoms with E-state index in [2.05, 4.69) is 15.6 Å². The minimum absolute atomic E-state index is 0.0226. The van der Waals surface area contributed by atoms with Gasteiger partial charge in [-0.25, -0.2) is 14.2 Å². The van der Waals surface area contributed by atoms with Crippen LogP contribution < -0.4 is 10.6 Å². The second-order valence-corrected chi connectivity index (χ2v) is 8.03. The number of hydrogen-bond acceptors (Lipinski definition) is 4. The standard InChI is InChI=1S/C25H25ClFN3O3/c1-28-23-7-3-6-19(29-23)5-2-4-16-8-10-17(11-9-16)14-22(25(32)33)30-24(31)20-13-12-18(27)15-21(20)26/h3,6-13,15,22H,2,4-5,14H2,1H3,(H,28,29)(H,30,31)(H,32,33)/t22-/m0/s1. The summed E-state index contributed by atoms with van der Waals surface area (Å²) in [7, 11) is 1.84. The first-order valence-electron chi connectivity index (χ1n) is 10.6. The normalized spacial score (nSPS) is 11.6. The van der Waals surface area contributed by atoms with E-state index in [0.717, 1.165) is 54.0 Å². The lowest BCUT2D eigenvalue weighted by Gasteiger charge is -2.15. The summed E-state index contributed by atoms with van der Waals surface area (Å²) in [6, 6.07) is 15.7. The summed E-state index contributed by atoms with van der Waals surface area (Å²) in [6.07, 6.45) is 2.77. The fraction of sp³-hybridized carbons (Fsp3) is 0.240. The number of aryl methyl sites for hydroxylation is 2. The van der Waals surface area contributed by atoms with E-state index in [1.54, 1.807) is 0 Å². The van der Waals surface area contributed by atoms with Crippen molar-refractivity contribution in [2.24, 2.45) is 0 Å². The number of pyridine rings is 1. The van der Waals surface area contributed by atoms with Gasteiger partial charge in [0.2, 0.25) is 0 Å². The number of aromatic nitrogens is 1. The average molecular weight is 470 g/mol. The molecular formula is C25H25ClFN3O3. The molecule has 3 aromatic rings. The minimum Gasteiger partial charge on any atom is -0.480 e. The van der Waals surface area contributed by atoms with Crippen LogP contribution in [-0.4, -0.2) is 35.1 Å². The van der Waals surface area contributed by atoms with Crippen LogP contribution in [0.4, 0.5) is 10.2 Å². The summed E-state index contributed by atoms with van der Waals surface area (Å²) in [5.74, 6) is -1.56. The fourth-order valence-corrected chi connectivity index (χ4v) is 3.67. The zero-order valence-electron chi connectivity index (χ0n) is 18.1. The second-order valence-electron chi connectivity index (χ2n) is 7.63. The van der Waals surface area contributed by atoms with Gasteiger partial charge in [-0.3, -0.25) is 4.79 Å². The summed E-state index contributed by atoms with van der Waals surface area (Å²) in [5.41, 5.74) is 2.96. The number of halogens is 2. The van der Waals surface area contributed by atoms with E-state index in [-0.39, 0.29) is 17.0 Å². The third kappa shape index (κ3) is 7.02. The van der Waals surface area contributed by atoms with Crippen molar-refractivity contribution in [3.05, 3.63) is 93.9 Å². The van der Waals surface area contributed by atoms with Crippen molar-refractivity contribution in [2.45, 2.75) is 31.7 Å². The van der Waals surface area contributed by atoms with E-state index in [1.165, 1.54) is 6.07 Å². The number of carbonyl (C=O) groups is 2. The molecule has 1 aromatic heterocycles. The van der Waals surface area contributed by atoms with Gasteiger partial charge in [-0.15, -0.1) is 0 Å². The number of benzene rings is 2. The second kappa shape index (κ2) is 11.4. The highest BCUT2D eigenvalue weighted by molar-refractivity contribution is 6.33. The zero-order chi connectivity index (χ0) is 23.8. The fourth-order valence-electron chi connectivity index (χ4n) is 3.42. The summed E-state index contributed by atoms with van der Waals surface area (Å²) < 4.78 is 13.2. The molecule has 0 aliphatic heterocycles. The molecule has 0 unspecified atom stereocenters. The first kappa shape index (κ1) is 24.2. The molecule has 0 aliphatic rings. The van der Waals surface area contributed by atoms with Crippen molar-refractivity contribution in [2.75, 3.05) is 12.4 Å². The molecule has 3 rings (SSSR count). The molecule has 0 bridgehead atoms. The number of carboxylic acid groups (broad SMARTS) is 1. The minimum atomic E-state index is -1.16. The van der Waals surface area contributed by atoms with Gasteiger partial charge in [0.15, 0.2) is 0 Å². The maximum atomic E-state index is 13.2. The van der Waals surface area contributed by atoms with Crippen molar-refractivity contribution < 1.29 is 19.1 Å². The number of nitrogens with one attached hydrogen (secondary N) is 2. The molecule has 0 saturated heterocycles. The molecule has 3 N–H and O–H groups in total. The molecule has 0 aliphatic carbocycles. The quantitative estimate of drug-likeness (QED) is 0.406. The van der Waals surface area contributed by atoms with Crippen LogP contribution >= 0.6 is 11.6 Å². The number of hydrogen-bond donors (Lipinski definition) is 3. The highest BCUT2D eigenvalue weighted by Crippen LogP contribution is 2.18. The Balaban J connectivity index is 1.56. The molecule has 1 atom stereocenters. The maximum absolute atomic E-state index is 13.2. The Kier molecular flexibility index (Phi) is 8.38. The van der Waals surface area contributed by atoms with Gasteiger partial charge in [-0.05, 0) is 60.7 Å². The number of carboxylic acids is 1. The molecule has 33 heavy (non-hydrogen) atoms. The van der Waals surface area contributed by atoms with Crippen molar-refractivity contribution in [3.8, 4) is 0 Å². The van der Waals surface area contributed by atoms with Crippen LogP contribution in [0, 0.1) is 5.82 Å². The van der Waals surface area contributed by atoms with Crippen LogP contribution in [0.5, 0.6) is 0 Å². The van der Waals surface area contributed by atoms with Crippen LogP contribution in [0.1, 0.15) is 33.6 Å². The summed E-state index contributed by atoms with van der Waals surface area (Å²) in [6.45, 7) is 0. The van der Waals surface area contributed by atoms with Gasteiger partial charge in [-0.2, -0.15) is 0 Å². The van der Waals surface area contributed by atoms with Crippen LogP contribution in [0.15, 0.2) is 60.7 Å². The molecule has 0 radical (unpaired) electrons. The van der Waals surface area contributed by atoms with Crippen molar-refractivity contribution >= 4 is 29.3 Å². The topological polar surface area (TPSA) is 91.3 Å². The lowest BCUT2D eigenvalue weighted by atomic mass is 10.0. The molecule has 8 heteroatoms. The largest absolute Gasteiger partial charge is 0.480 e. The summed E-state index contributed by atoms with van der Waals surface area (Å²) >= 11 is 5.91. The average Bonchev–Trinajstić information content (AvgIpc) is 2.79. The predicted octanol–water partition coefficient (Wildman–Crippen LogP) is 4.52. The van der Waals surface area contributed by atoms with Gasteiger partial charge < -0.3 is 15.7 Å². The Morgan fingerprint density at radius 1 is 1.06 bits per heavy atom. The Labute approximate surface area is 196 Å². The molecule has 1 heterocycles. The number of rotatable bonds is 10. The first-order valence-corrected chi connectivity index (χ1v) is 10.9. The van der Waals surface area contributed by atoms with E-state index < -0.39 is 23.7 Å². The molecule has 2 aromatic carbocycles. The van der Waals surface area contributed by atoms with Gasteiger partial charge in [0.1, 0.15) is 17.7 Å². The monoisotopic (exact) mass is 469 g/mol. The highest BCUT2D eigenvalue weighted by Gasteiger charge is 2.22. The third-order valence-electron chi connectivity index (χ3n) is 5.20. The molecule has 1 amide bonds. The van der Waals surface area contributed by atoms with Crippen molar-refractivity contribution in [1.82, 2.24) is 10.3 Å². The Morgan fingerprint density at radius 3 is 2.45 bits per heavy atom. The van der Waals surface area contributed by atoms with Gasteiger partial charge in [0.25, 0.3) is 5.91 Å². The van der Waals surface area contributed by atoms with Crippen LogP contribution in [0.2, 0.25) is 5.02 Å². The number of nitrogens with zero attached hydrogens (tertiary/aromatic N) is 1. The Morgan fingerprint density at radius 2 is 1.79 bits per heavy atom. The first-order chi connectivity index (χ1) is 15.9. The molecule has 0 fully saturated rings. The van der Waals surface area contributed by atoms with Crippen LogP contribution in [-0.2, 0) is 24.1 Å². The van der Waals surface area contributed by atoms with Gasteiger partial charge in [0.05, 0.1) is 10.6 Å². The molecule has 6 nitrogen and oxygen atoms in total. The van der Waals surface area contributed by atoms with E-state index in [9.17, 15) is 19.1 Å². The van der Waals surface area contributed by atoms with Gasteiger partial charge >= 0.3 is 5.97 Å². The SMILES string of the molecule is CNc1cccc(CCCc2ccc(C[C@H](NC(=O)c3ccc(F)cc3Cl)C(=O)O)cc2)n1. The lowest BCUT2D eigenvalue weighted by Crippen LogP contribution is -2.42. The molecular weight excluding hydrogens is 445 g/mol. The lowest BCUT2D eigenvalue weighted by molar-refractivity contribution is -0.139. The Hall–Kier alpha value is -3.45. The smallest absolute Gasteiger partial charge is 0.326 e. The summed E-state index contributed by atoms with van der Waals surface area (Å²) in [5, 5.41) is 15.0. The zero-order valence-corrected chi connectivity index (χ0v) is 18.9. The van der Waals surface area contributed by atoms with Crippen molar-refractivity contribution in [3.63, 3.8) is 0 Å². The molecule has 172 valence electrons. The van der Waals surface area contributed by atoms with Crippen LogP contribution in [0.3, 0.4) is 0 Å². The maximum Gasteiger partial charge on any atom is 0.326 e. The molecule has 0 saturated carbocycles. The number of anilines is 1.